The Morgan fingerprint density at radius 1 is 0.848 bits per heavy atom. The molecule has 3 aromatic rings. The second kappa shape index (κ2) is 11.5. The van der Waals surface area contributed by atoms with Crippen LogP contribution in [0.15, 0.2) is 66.7 Å². The van der Waals surface area contributed by atoms with Crippen molar-refractivity contribution in [1.82, 2.24) is 5.32 Å². The average Bonchev–Trinajstić information content (AvgIpc) is 2.83. The fourth-order valence-corrected chi connectivity index (χ4v) is 3.14. The van der Waals surface area contributed by atoms with Crippen LogP contribution >= 0.6 is 0 Å². The van der Waals surface area contributed by atoms with Crippen molar-refractivity contribution in [3.63, 3.8) is 0 Å². The van der Waals surface area contributed by atoms with Crippen LogP contribution in [0.3, 0.4) is 0 Å². The van der Waals surface area contributed by atoms with Gasteiger partial charge in [0.1, 0.15) is 5.82 Å². The molecule has 3 aromatic carbocycles. The van der Waals surface area contributed by atoms with Crippen LogP contribution in [0, 0.1) is 5.82 Å². The summed E-state index contributed by atoms with van der Waals surface area (Å²) in [5, 5.41) is 8.32. The quantitative estimate of drug-likeness (QED) is 0.437. The van der Waals surface area contributed by atoms with E-state index in [4.69, 9.17) is 9.47 Å². The molecule has 0 atom stereocenters. The van der Waals surface area contributed by atoms with Gasteiger partial charge in [0.2, 0.25) is 11.8 Å². The van der Waals surface area contributed by atoms with Gasteiger partial charge in [-0.1, -0.05) is 36.4 Å². The van der Waals surface area contributed by atoms with E-state index in [1.54, 1.807) is 26.4 Å². The molecule has 0 radical (unpaired) electrons. The molecule has 0 aliphatic rings. The summed E-state index contributed by atoms with van der Waals surface area (Å²) in [5.41, 5.74) is 2.24. The van der Waals surface area contributed by atoms with Gasteiger partial charge in [-0.05, 0) is 41.5 Å². The van der Waals surface area contributed by atoms with Gasteiger partial charge in [0.25, 0.3) is 0 Å². The Balaban J connectivity index is 1.51. The smallest absolute Gasteiger partial charge is 0.239 e. The zero-order valence-corrected chi connectivity index (χ0v) is 18.5. The molecule has 8 heteroatoms. The maximum Gasteiger partial charge on any atom is 0.239 e. The molecule has 0 saturated heterocycles. The molecule has 0 saturated carbocycles. The third-order valence-electron chi connectivity index (χ3n) is 4.84. The summed E-state index contributed by atoms with van der Waals surface area (Å²) in [7, 11) is 3.10. The van der Waals surface area contributed by atoms with Crippen LogP contribution in [-0.2, 0) is 22.6 Å². The first-order chi connectivity index (χ1) is 16.0. The summed E-state index contributed by atoms with van der Waals surface area (Å²) in [6.07, 6.45) is 0.135. The monoisotopic (exact) mass is 451 g/mol. The zero-order valence-electron chi connectivity index (χ0n) is 18.5. The molecule has 2 amide bonds. The summed E-state index contributed by atoms with van der Waals surface area (Å²) in [6.45, 7) is 0.293. The van der Waals surface area contributed by atoms with Gasteiger partial charge in [0, 0.05) is 12.2 Å². The molecule has 0 spiro atoms. The number of anilines is 2. The predicted octanol–water partition coefficient (Wildman–Crippen LogP) is 3.75. The van der Waals surface area contributed by atoms with E-state index in [0.717, 1.165) is 11.1 Å². The van der Waals surface area contributed by atoms with Crippen molar-refractivity contribution in [3.8, 4) is 11.5 Å². The fraction of sp³-hybridized carbons (Fsp3) is 0.200. The number of carbonyl (C=O) groups is 2. The molecular formula is C25H26FN3O4. The van der Waals surface area contributed by atoms with E-state index in [2.05, 4.69) is 16.0 Å². The van der Waals surface area contributed by atoms with Gasteiger partial charge >= 0.3 is 0 Å². The highest BCUT2D eigenvalue weighted by Crippen LogP contribution is 2.27. The molecule has 7 nitrogen and oxygen atoms in total. The van der Waals surface area contributed by atoms with Crippen LogP contribution in [0.1, 0.15) is 11.1 Å². The number of carbonyl (C=O) groups excluding carboxylic acids is 2. The Labute approximate surface area is 191 Å². The minimum Gasteiger partial charge on any atom is -0.493 e. The topological polar surface area (TPSA) is 88.7 Å². The first kappa shape index (κ1) is 23.6. The molecule has 0 aliphatic heterocycles. The van der Waals surface area contributed by atoms with E-state index in [1.165, 1.54) is 18.2 Å². The van der Waals surface area contributed by atoms with E-state index < -0.39 is 5.82 Å². The highest BCUT2D eigenvalue weighted by atomic mass is 19.1. The van der Waals surface area contributed by atoms with Gasteiger partial charge in [-0.25, -0.2) is 4.39 Å². The van der Waals surface area contributed by atoms with Crippen molar-refractivity contribution in [2.45, 2.75) is 13.0 Å². The molecule has 0 unspecified atom stereocenters. The molecule has 0 heterocycles. The maximum atomic E-state index is 14.2. The Bertz CT molecular complexity index is 1110. The fourth-order valence-electron chi connectivity index (χ4n) is 3.14. The predicted molar refractivity (Wildman–Crippen MR) is 125 cm³/mol. The van der Waals surface area contributed by atoms with Gasteiger partial charge in [0.15, 0.2) is 11.5 Å². The lowest BCUT2D eigenvalue weighted by Crippen LogP contribution is -2.29. The molecule has 0 aromatic heterocycles. The molecule has 0 aliphatic carbocycles. The average molecular weight is 451 g/mol. The number of ether oxygens (including phenoxy) is 2. The van der Waals surface area contributed by atoms with Crippen LogP contribution < -0.4 is 25.4 Å². The lowest BCUT2D eigenvalue weighted by molar-refractivity contribution is -0.119. The third-order valence-corrected chi connectivity index (χ3v) is 4.84. The van der Waals surface area contributed by atoms with Crippen molar-refractivity contribution in [2.75, 3.05) is 31.4 Å². The molecule has 172 valence electrons. The number of rotatable bonds is 10. The molecule has 0 bridgehead atoms. The lowest BCUT2D eigenvalue weighted by Gasteiger charge is -2.12. The van der Waals surface area contributed by atoms with E-state index in [-0.39, 0.29) is 30.5 Å². The number of amides is 2. The summed E-state index contributed by atoms with van der Waals surface area (Å²) in [5.74, 6) is 0.0568. The Kier molecular flexibility index (Phi) is 8.24. The molecule has 3 rings (SSSR count). The minimum atomic E-state index is -0.556. The van der Waals surface area contributed by atoms with Crippen molar-refractivity contribution in [2.24, 2.45) is 0 Å². The Morgan fingerprint density at radius 3 is 2.33 bits per heavy atom. The molecule has 0 fully saturated rings. The maximum absolute atomic E-state index is 14.2. The lowest BCUT2D eigenvalue weighted by atomic mass is 10.1. The number of benzene rings is 3. The minimum absolute atomic E-state index is 0.0175. The van der Waals surface area contributed by atoms with Crippen molar-refractivity contribution < 1.29 is 23.5 Å². The summed E-state index contributed by atoms with van der Waals surface area (Å²) >= 11 is 0. The normalized spacial score (nSPS) is 10.3. The van der Waals surface area contributed by atoms with Gasteiger partial charge in [-0.3, -0.25) is 9.59 Å². The number of halogens is 1. The Morgan fingerprint density at radius 2 is 1.61 bits per heavy atom. The third kappa shape index (κ3) is 6.96. The van der Waals surface area contributed by atoms with Gasteiger partial charge in [-0.2, -0.15) is 0 Å². The number of hydrogen-bond donors (Lipinski definition) is 3. The van der Waals surface area contributed by atoms with Crippen molar-refractivity contribution >= 4 is 23.2 Å². The Hall–Kier alpha value is -4.07. The number of nitrogens with one attached hydrogen (secondary N) is 3. The van der Waals surface area contributed by atoms with Gasteiger partial charge in [-0.15, -0.1) is 0 Å². The van der Waals surface area contributed by atoms with Crippen LogP contribution in [-0.4, -0.2) is 32.6 Å². The SMILES string of the molecule is COc1ccc(CNC(=O)CNc2ccc(F)c(NC(=O)Cc3ccccc3)c2)cc1OC. The highest BCUT2D eigenvalue weighted by Gasteiger charge is 2.10. The number of methoxy groups -OCH3 is 2. The van der Waals surface area contributed by atoms with Gasteiger partial charge < -0.3 is 25.4 Å². The molecule has 33 heavy (non-hydrogen) atoms. The van der Waals surface area contributed by atoms with Crippen molar-refractivity contribution in [1.29, 1.82) is 0 Å². The van der Waals surface area contributed by atoms with Crippen LogP contribution in [0.4, 0.5) is 15.8 Å². The summed E-state index contributed by atoms with van der Waals surface area (Å²) in [4.78, 5) is 24.5. The van der Waals surface area contributed by atoms with Crippen LogP contribution in [0.2, 0.25) is 0 Å². The highest BCUT2D eigenvalue weighted by molar-refractivity contribution is 5.93. The number of hydrogen-bond acceptors (Lipinski definition) is 5. The second-order valence-corrected chi connectivity index (χ2v) is 7.22. The van der Waals surface area contributed by atoms with E-state index in [9.17, 15) is 14.0 Å². The molecular weight excluding hydrogens is 425 g/mol. The van der Waals surface area contributed by atoms with E-state index >= 15 is 0 Å². The van der Waals surface area contributed by atoms with E-state index in [1.807, 2.05) is 36.4 Å². The van der Waals surface area contributed by atoms with Gasteiger partial charge in [0.05, 0.1) is 32.9 Å². The van der Waals surface area contributed by atoms with E-state index in [0.29, 0.717) is 23.7 Å². The molecule has 3 N–H and O–H groups in total. The zero-order chi connectivity index (χ0) is 23.6. The largest absolute Gasteiger partial charge is 0.493 e. The first-order valence-corrected chi connectivity index (χ1v) is 10.3. The summed E-state index contributed by atoms with van der Waals surface area (Å²) < 4.78 is 24.6. The summed E-state index contributed by atoms with van der Waals surface area (Å²) in [6, 6.07) is 18.8. The van der Waals surface area contributed by atoms with Crippen LogP contribution in [0.5, 0.6) is 11.5 Å². The first-order valence-electron chi connectivity index (χ1n) is 10.3. The second-order valence-electron chi connectivity index (χ2n) is 7.22. The van der Waals surface area contributed by atoms with Crippen molar-refractivity contribution in [3.05, 3.63) is 83.7 Å². The van der Waals surface area contributed by atoms with Crippen LogP contribution in [0.25, 0.3) is 0 Å². The standard InChI is InChI=1S/C25H26FN3O4/c1-32-22-11-8-18(12-23(22)33-2)15-28-25(31)16-27-19-9-10-20(26)21(14-19)29-24(30)13-17-6-4-3-5-7-17/h3-12,14,27H,13,15-16H2,1-2H3,(H,28,31)(H,29,30).